The molecule has 1 N–H and O–H groups in total. The van der Waals surface area contributed by atoms with Gasteiger partial charge in [0.25, 0.3) is 0 Å². The maximum atomic E-state index is 11.2. The van der Waals surface area contributed by atoms with Crippen LogP contribution in [0.3, 0.4) is 0 Å². The highest BCUT2D eigenvalue weighted by Gasteiger charge is 2.22. The van der Waals surface area contributed by atoms with E-state index in [-0.39, 0.29) is 23.0 Å². The molecule has 0 saturated carbocycles. The summed E-state index contributed by atoms with van der Waals surface area (Å²) in [7, 11) is -3.20. The SMILES string of the molecule is N#Cc1nc(NC2C=CS(=O)(=O)C2)ccc1[N+](=O)[O-]. The summed E-state index contributed by atoms with van der Waals surface area (Å²) in [6.07, 6.45) is 1.46. The fourth-order valence-corrected chi connectivity index (χ4v) is 2.85. The molecule has 19 heavy (non-hydrogen) atoms. The number of rotatable bonds is 3. The Morgan fingerprint density at radius 2 is 2.26 bits per heavy atom. The topological polar surface area (TPSA) is 126 Å². The summed E-state index contributed by atoms with van der Waals surface area (Å²) in [6.45, 7) is 0. The van der Waals surface area contributed by atoms with Crippen LogP contribution in [0.25, 0.3) is 0 Å². The van der Waals surface area contributed by atoms with Gasteiger partial charge in [-0.1, -0.05) is 0 Å². The minimum atomic E-state index is -3.20. The lowest BCUT2D eigenvalue weighted by Crippen LogP contribution is -2.21. The molecule has 0 fully saturated rings. The fourth-order valence-electron chi connectivity index (χ4n) is 1.62. The van der Waals surface area contributed by atoms with Crippen molar-refractivity contribution in [3.05, 3.63) is 39.4 Å². The van der Waals surface area contributed by atoms with E-state index < -0.39 is 20.8 Å². The number of nitrogens with one attached hydrogen (secondary N) is 1. The molecule has 1 aromatic heterocycles. The Labute approximate surface area is 108 Å². The number of hydrogen-bond acceptors (Lipinski definition) is 7. The molecule has 0 radical (unpaired) electrons. The van der Waals surface area contributed by atoms with E-state index in [1.807, 2.05) is 0 Å². The molecule has 8 nitrogen and oxygen atoms in total. The van der Waals surface area contributed by atoms with Crippen molar-refractivity contribution >= 4 is 21.3 Å². The van der Waals surface area contributed by atoms with Crippen molar-refractivity contribution in [2.24, 2.45) is 0 Å². The van der Waals surface area contributed by atoms with Crippen LogP contribution in [0.5, 0.6) is 0 Å². The summed E-state index contributed by atoms with van der Waals surface area (Å²) < 4.78 is 22.4. The standard InChI is InChI=1S/C10H8N4O4S/c11-5-8-9(14(15)16)1-2-10(13-8)12-7-3-4-19(17,18)6-7/h1-4,7H,6H2,(H,12,13). The Morgan fingerprint density at radius 3 is 2.79 bits per heavy atom. The van der Waals surface area contributed by atoms with E-state index in [4.69, 9.17) is 5.26 Å². The van der Waals surface area contributed by atoms with Gasteiger partial charge in [-0.25, -0.2) is 13.4 Å². The van der Waals surface area contributed by atoms with E-state index in [9.17, 15) is 18.5 Å². The Morgan fingerprint density at radius 1 is 1.53 bits per heavy atom. The number of sulfone groups is 1. The van der Waals surface area contributed by atoms with Crippen molar-refractivity contribution in [3.8, 4) is 6.07 Å². The monoisotopic (exact) mass is 280 g/mol. The largest absolute Gasteiger partial charge is 0.363 e. The van der Waals surface area contributed by atoms with Crippen molar-refractivity contribution in [2.45, 2.75) is 6.04 Å². The van der Waals surface area contributed by atoms with E-state index in [2.05, 4.69) is 10.3 Å². The first kappa shape index (κ1) is 13.0. The molecule has 1 unspecified atom stereocenters. The van der Waals surface area contributed by atoms with Gasteiger partial charge in [-0.05, 0) is 12.1 Å². The molecule has 0 aromatic carbocycles. The van der Waals surface area contributed by atoms with Crippen LogP contribution in [0.1, 0.15) is 5.69 Å². The highest BCUT2D eigenvalue weighted by molar-refractivity contribution is 7.94. The van der Waals surface area contributed by atoms with E-state index in [1.165, 1.54) is 12.1 Å². The normalized spacial score (nSPS) is 19.8. The molecule has 0 aliphatic carbocycles. The number of aromatic nitrogens is 1. The molecule has 98 valence electrons. The van der Waals surface area contributed by atoms with Crippen LogP contribution in [0.2, 0.25) is 0 Å². The van der Waals surface area contributed by atoms with Gasteiger partial charge in [0.05, 0.1) is 16.7 Å². The van der Waals surface area contributed by atoms with E-state index in [1.54, 1.807) is 6.07 Å². The van der Waals surface area contributed by atoms with Gasteiger partial charge in [0.1, 0.15) is 11.9 Å². The summed E-state index contributed by atoms with van der Waals surface area (Å²) in [5.74, 6) is 0.113. The van der Waals surface area contributed by atoms with Gasteiger partial charge in [0.2, 0.25) is 5.69 Å². The Bertz CT molecular complexity index is 705. The molecule has 1 aliphatic heterocycles. The molecule has 0 bridgehead atoms. The summed E-state index contributed by atoms with van der Waals surface area (Å²) in [4.78, 5) is 13.7. The number of nitrogens with zero attached hydrogens (tertiary/aromatic N) is 3. The second kappa shape index (κ2) is 4.66. The predicted octanol–water partition coefficient (Wildman–Crippen LogP) is 0.584. The van der Waals surface area contributed by atoms with Gasteiger partial charge < -0.3 is 5.32 Å². The minimum Gasteiger partial charge on any atom is -0.363 e. The number of anilines is 1. The molecule has 1 aromatic rings. The van der Waals surface area contributed by atoms with E-state index in [0.29, 0.717) is 0 Å². The fraction of sp³-hybridized carbons (Fsp3) is 0.200. The van der Waals surface area contributed by atoms with E-state index >= 15 is 0 Å². The Hall–Kier alpha value is -2.47. The van der Waals surface area contributed by atoms with Crippen LogP contribution < -0.4 is 5.32 Å². The van der Waals surface area contributed by atoms with Gasteiger partial charge >= 0.3 is 5.69 Å². The van der Waals surface area contributed by atoms with Crippen LogP contribution in [-0.4, -0.2) is 30.1 Å². The average Bonchev–Trinajstić information content (AvgIpc) is 2.68. The maximum absolute atomic E-state index is 11.2. The molecule has 2 rings (SSSR count). The summed E-state index contributed by atoms with van der Waals surface area (Å²) >= 11 is 0. The van der Waals surface area contributed by atoms with Crippen molar-refractivity contribution < 1.29 is 13.3 Å². The third-order valence-electron chi connectivity index (χ3n) is 2.44. The van der Waals surface area contributed by atoms with Crippen molar-refractivity contribution in [2.75, 3.05) is 11.1 Å². The maximum Gasteiger partial charge on any atom is 0.305 e. The predicted molar refractivity (Wildman–Crippen MR) is 65.9 cm³/mol. The smallest absolute Gasteiger partial charge is 0.305 e. The van der Waals surface area contributed by atoms with Gasteiger partial charge in [0, 0.05) is 11.5 Å². The molecule has 0 saturated heterocycles. The zero-order valence-corrected chi connectivity index (χ0v) is 10.3. The first-order valence-corrected chi connectivity index (χ1v) is 6.86. The first-order chi connectivity index (χ1) is 8.91. The third-order valence-corrected chi connectivity index (χ3v) is 3.84. The van der Waals surface area contributed by atoms with Crippen LogP contribution in [0, 0.1) is 21.4 Å². The lowest BCUT2D eigenvalue weighted by molar-refractivity contribution is -0.385. The van der Waals surface area contributed by atoms with E-state index in [0.717, 1.165) is 11.5 Å². The highest BCUT2D eigenvalue weighted by Crippen LogP contribution is 2.20. The number of nitriles is 1. The van der Waals surface area contributed by atoms with Gasteiger partial charge in [-0.15, -0.1) is 0 Å². The van der Waals surface area contributed by atoms with Crippen LogP contribution >= 0.6 is 0 Å². The Balaban J connectivity index is 2.22. The first-order valence-electron chi connectivity index (χ1n) is 5.14. The van der Waals surface area contributed by atoms with Gasteiger partial charge in [-0.3, -0.25) is 10.1 Å². The van der Waals surface area contributed by atoms with Gasteiger partial charge in [-0.2, -0.15) is 5.26 Å². The zero-order valence-electron chi connectivity index (χ0n) is 9.48. The van der Waals surface area contributed by atoms with Crippen LogP contribution in [0.15, 0.2) is 23.6 Å². The third kappa shape index (κ3) is 2.86. The lowest BCUT2D eigenvalue weighted by atomic mass is 10.3. The zero-order chi connectivity index (χ0) is 14.0. The molecule has 0 amide bonds. The molecule has 1 atom stereocenters. The Kier molecular flexibility index (Phi) is 3.18. The molecule has 1 aliphatic rings. The molecular formula is C10H8N4O4S. The van der Waals surface area contributed by atoms with Crippen LogP contribution in [0.4, 0.5) is 11.5 Å². The van der Waals surface area contributed by atoms with Crippen molar-refractivity contribution in [1.82, 2.24) is 4.98 Å². The van der Waals surface area contributed by atoms with Crippen LogP contribution in [-0.2, 0) is 9.84 Å². The second-order valence-corrected chi connectivity index (χ2v) is 5.77. The molecule has 2 heterocycles. The van der Waals surface area contributed by atoms with Crippen molar-refractivity contribution in [1.29, 1.82) is 5.26 Å². The number of pyridine rings is 1. The second-order valence-electron chi connectivity index (χ2n) is 3.84. The molecule has 0 spiro atoms. The molecule has 9 heteroatoms. The quantitative estimate of drug-likeness (QED) is 0.634. The lowest BCUT2D eigenvalue weighted by Gasteiger charge is -2.10. The number of nitro groups is 1. The highest BCUT2D eigenvalue weighted by atomic mass is 32.2. The summed E-state index contributed by atoms with van der Waals surface area (Å²) in [5.41, 5.74) is -0.706. The molecular weight excluding hydrogens is 272 g/mol. The average molecular weight is 280 g/mol. The summed E-state index contributed by atoms with van der Waals surface area (Å²) in [5, 5.41) is 23.3. The summed E-state index contributed by atoms with van der Waals surface area (Å²) in [6, 6.07) is 3.66. The minimum absolute atomic E-state index is 0.104. The van der Waals surface area contributed by atoms with Crippen molar-refractivity contribution in [3.63, 3.8) is 0 Å². The van der Waals surface area contributed by atoms with Gasteiger partial charge in [0.15, 0.2) is 9.84 Å². The number of hydrogen-bond donors (Lipinski definition) is 1.